The SMILES string of the molecule is Cc1ccc[n+](C)c1-c1cn2ccnc2n1C.Cc1cccc(-c2cn3ccnc3n2C)[n+]1C.[2H]C(C)(C)c1cc[n+](C)c(-c2cn3ccnc3n2C)c1.[2H]C([2H])([2H])c1ccc(-c2cn3ccnc3n2C)[n+](C)c1.[2H]C([2H])(c1cc[n+](C)c(-c2cn3ccnc3n2C)c1)C(C)C. The van der Waals surface area contributed by atoms with Crippen molar-refractivity contribution in [1.82, 2.24) is 69.8 Å². The number of fused-ring (bicyclic) bond motifs is 5. The fraction of sp³-hybridized carbons (Fsp3) is 0.286. The lowest BCUT2D eigenvalue weighted by Crippen LogP contribution is -2.34. The van der Waals surface area contributed by atoms with Crippen LogP contribution < -0.4 is 22.8 Å². The molecule has 460 valence electrons. The predicted octanol–water partition coefficient (Wildman–Crippen LogP) is 9.07. The van der Waals surface area contributed by atoms with Gasteiger partial charge in [0.05, 0.1) is 0 Å². The van der Waals surface area contributed by atoms with Gasteiger partial charge in [-0.3, -0.25) is 22.0 Å². The zero-order valence-electron chi connectivity index (χ0n) is 60.3. The van der Waals surface area contributed by atoms with Crippen LogP contribution in [0.4, 0.5) is 0 Å². The van der Waals surface area contributed by atoms with Gasteiger partial charge in [-0.2, -0.15) is 22.8 Å². The van der Waals surface area contributed by atoms with Crippen molar-refractivity contribution in [1.29, 1.82) is 0 Å². The second kappa shape index (κ2) is 25.3. The summed E-state index contributed by atoms with van der Waals surface area (Å²) in [6.07, 6.45) is 35.2. The highest BCUT2D eigenvalue weighted by Crippen LogP contribution is 2.26. The number of nitrogens with zero attached hydrogens (tertiary/aromatic N) is 20. The van der Waals surface area contributed by atoms with Gasteiger partial charge in [0.1, 0.15) is 63.7 Å². The van der Waals surface area contributed by atoms with Crippen LogP contribution in [0.25, 0.3) is 85.8 Å². The standard InChI is InChI=1S/C16H21N4.C15H19N4.3C13H15N4/c1-12(2)9-13-5-7-18(3)14(10-13)15-11-20-8-6-17-16(20)19(15)4;1-11(2)12-5-7-17(3)13(9-12)14-10-19-8-6-16-15(19)18(14)4;1-10-4-5-11(15(2)8-10)12-9-17-7-6-14-13(17)16(12)3;1-10-5-4-7-15(2)12(10)11-9-17-8-6-14-13(17)16(11)3;1-10-5-4-6-11(15(10)2)12-9-17-8-7-14-13(17)16(12)3/h5-8,10-12H,9H2,1-4H3;5-11H,1-4H3;3*4-9H,1-3H3/q5*+1/i9D2;11D;1D3;;. The monoisotopic (exact) mass is 1210 g/mol. The number of hydrogen-bond donors (Lipinski definition) is 0. The van der Waals surface area contributed by atoms with Crippen LogP contribution in [0, 0.1) is 26.6 Å². The van der Waals surface area contributed by atoms with Crippen molar-refractivity contribution in [2.24, 2.45) is 76.4 Å². The molecule has 0 aliphatic carbocycles. The molecule has 0 N–H and O–H groups in total. The molecule has 0 bridgehead atoms. The minimum atomic E-state index is -2.08. The van der Waals surface area contributed by atoms with Crippen LogP contribution in [0.3, 0.4) is 0 Å². The second-order valence-corrected chi connectivity index (χ2v) is 23.3. The second-order valence-electron chi connectivity index (χ2n) is 23.3. The van der Waals surface area contributed by atoms with Gasteiger partial charge in [0.25, 0.3) is 0 Å². The van der Waals surface area contributed by atoms with Crippen molar-refractivity contribution in [3.8, 4) is 56.9 Å². The highest BCUT2D eigenvalue weighted by atomic mass is 15.2. The molecule has 0 spiro atoms. The molecule has 20 nitrogen and oxygen atoms in total. The first kappa shape index (κ1) is 53.7. The van der Waals surface area contributed by atoms with Gasteiger partial charge in [-0.05, 0) is 61.3 Å². The predicted molar refractivity (Wildman–Crippen MR) is 351 cm³/mol. The molecule has 0 saturated carbocycles. The molecule has 15 heterocycles. The molecule has 0 atom stereocenters. The fourth-order valence-electron chi connectivity index (χ4n) is 11.5. The molecule has 0 aliphatic rings. The number of pyridine rings is 5. The summed E-state index contributed by atoms with van der Waals surface area (Å²) in [7, 11) is 20.0. The first-order valence-corrected chi connectivity index (χ1v) is 29.8. The van der Waals surface area contributed by atoms with Gasteiger partial charge in [0, 0.05) is 203 Å². The fourth-order valence-corrected chi connectivity index (χ4v) is 11.5. The normalized spacial score (nSPS) is 12.8. The minimum Gasteiger partial charge on any atom is -0.308 e. The maximum atomic E-state index is 8.32. The lowest BCUT2D eigenvalue weighted by Gasteiger charge is -2.07. The van der Waals surface area contributed by atoms with Crippen LogP contribution in [-0.2, 0) is 76.8 Å². The Morgan fingerprint density at radius 1 is 0.467 bits per heavy atom. The Bertz CT molecular complexity index is 5270. The van der Waals surface area contributed by atoms with Crippen LogP contribution >= 0.6 is 0 Å². The van der Waals surface area contributed by atoms with Crippen LogP contribution in [0.2, 0.25) is 0 Å². The van der Waals surface area contributed by atoms with E-state index in [4.69, 9.17) is 8.22 Å². The lowest BCUT2D eigenvalue weighted by molar-refractivity contribution is -0.666. The Labute approximate surface area is 534 Å². The maximum absolute atomic E-state index is 8.32. The molecule has 20 heteroatoms. The van der Waals surface area contributed by atoms with Gasteiger partial charge >= 0.3 is 0 Å². The van der Waals surface area contributed by atoms with Gasteiger partial charge in [0.2, 0.25) is 57.4 Å². The molecule has 15 aromatic rings. The molecule has 15 aromatic heterocycles. The van der Waals surface area contributed by atoms with Crippen molar-refractivity contribution >= 4 is 28.9 Å². The van der Waals surface area contributed by atoms with Crippen molar-refractivity contribution < 1.29 is 31.1 Å². The van der Waals surface area contributed by atoms with Gasteiger partial charge in [-0.15, -0.1) is 0 Å². The number of imidazole rings is 10. The average molecular weight is 1210 g/mol. The summed E-state index contributed by atoms with van der Waals surface area (Å²) >= 11 is 0. The Hall–Kier alpha value is -10.5. The number of rotatable bonds is 8. The molecular weight excluding hydrogens is 1120 g/mol. The Morgan fingerprint density at radius 2 is 0.911 bits per heavy atom. The van der Waals surface area contributed by atoms with Crippen molar-refractivity contribution in [2.75, 3.05) is 0 Å². The summed E-state index contributed by atoms with van der Waals surface area (Å²) in [4.78, 5) is 21.6. The van der Waals surface area contributed by atoms with Crippen molar-refractivity contribution in [3.05, 3.63) is 212 Å². The minimum absolute atomic E-state index is 0.0845. The molecule has 0 aromatic carbocycles. The first-order chi connectivity index (χ1) is 45.4. The molecule has 0 fully saturated rings. The molecule has 0 radical (unpaired) electrons. The third-order valence-corrected chi connectivity index (χ3v) is 16.5. The van der Waals surface area contributed by atoms with Crippen LogP contribution in [0.5, 0.6) is 0 Å². The zero-order valence-corrected chi connectivity index (χ0v) is 54.3. The van der Waals surface area contributed by atoms with Crippen molar-refractivity contribution in [2.45, 2.75) is 60.7 Å². The third kappa shape index (κ3) is 12.0. The van der Waals surface area contributed by atoms with Gasteiger partial charge in [0.15, 0.2) is 30.5 Å². The molecule has 90 heavy (non-hydrogen) atoms. The largest absolute Gasteiger partial charge is 0.308 e. The summed E-state index contributed by atoms with van der Waals surface area (Å²) < 4.78 is 77.7. The summed E-state index contributed by atoms with van der Waals surface area (Å²) in [5, 5.41) is 0. The van der Waals surface area contributed by atoms with E-state index in [1.807, 2.05) is 217 Å². The molecule has 0 aliphatic heterocycles. The summed E-state index contributed by atoms with van der Waals surface area (Å²) in [6.45, 7) is 9.78. The van der Waals surface area contributed by atoms with Gasteiger partial charge < -0.3 is 22.8 Å². The maximum Gasteiger partial charge on any atom is 0.233 e. The third-order valence-electron chi connectivity index (χ3n) is 16.5. The van der Waals surface area contributed by atoms with E-state index in [0.29, 0.717) is 11.1 Å². The van der Waals surface area contributed by atoms with Crippen molar-refractivity contribution in [3.63, 3.8) is 0 Å². The molecule has 0 amide bonds. The lowest BCUT2D eigenvalue weighted by atomic mass is 10.0. The van der Waals surface area contributed by atoms with E-state index < -0.39 is 19.1 Å². The van der Waals surface area contributed by atoms with Gasteiger partial charge in [-0.25, -0.2) is 24.9 Å². The van der Waals surface area contributed by atoms with Crippen LogP contribution in [-0.4, -0.2) is 69.8 Å². The number of aryl methyl sites for hydroxylation is 12. The topological polar surface area (TPSA) is 131 Å². The van der Waals surface area contributed by atoms with E-state index in [1.165, 1.54) is 34.0 Å². The van der Waals surface area contributed by atoms with E-state index >= 15 is 0 Å². The van der Waals surface area contributed by atoms with E-state index in [1.54, 1.807) is 30.9 Å². The van der Waals surface area contributed by atoms with E-state index in [2.05, 4.69) is 141 Å². The Kier molecular flexibility index (Phi) is 15.1. The quantitative estimate of drug-likeness (QED) is 0.140. The first-order valence-electron chi connectivity index (χ1n) is 32.8. The highest BCUT2D eigenvalue weighted by Gasteiger charge is 2.23. The van der Waals surface area contributed by atoms with Gasteiger partial charge in [-0.1, -0.05) is 27.7 Å². The molecule has 0 saturated heterocycles. The van der Waals surface area contributed by atoms with Crippen LogP contribution in [0.15, 0.2) is 184 Å². The average Bonchev–Trinajstić information content (AvgIpc) is 1.64. The summed E-state index contributed by atoms with van der Waals surface area (Å²) in [6, 6.07) is 21.9. The van der Waals surface area contributed by atoms with Crippen LogP contribution in [0.1, 0.15) is 69.8 Å². The Morgan fingerprint density at radius 3 is 1.36 bits per heavy atom. The number of hydrogen-bond acceptors (Lipinski definition) is 5. The van der Waals surface area contributed by atoms with E-state index in [-0.39, 0.29) is 5.92 Å². The van der Waals surface area contributed by atoms with E-state index in [0.717, 1.165) is 68.6 Å². The zero-order chi connectivity index (χ0) is 69.0. The smallest absolute Gasteiger partial charge is 0.233 e. The summed E-state index contributed by atoms with van der Waals surface area (Å²) in [5.41, 5.74) is 15.4. The molecule has 0 unspecified atom stereocenters. The summed E-state index contributed by atoms with van der Waals surface area (Å²) in [5.74, 6) is 3.86. The van der Waals surface area contributed by atoms with E-state index in [9.17, 15) is 0 Å². The number of aromatic nitrogens is 20. The Balaban J connectivity index is 0.000000122. The highest BCUT2D eigenvalue weighted by molar-refractivity contribution is 5.61. The molecule has 15 rings (SSSR count). The molecular formula is C70H85N20+5.